The van der Waals surface area contributed by atoms with Crippen LogP contribution in [0.2, 0.25) is 10.0 Å². The standard InChI is InChI=1S/C11H12Cl2N4/c1-17-6-7(15-16-17)5-10(14)11-8(12)3-2-4-9(11)13/h2-4,6,10H,5,14H2,1H3. The number of hydrogen-bond acceptors (Lipinski definition) is 3. The third-order valence-corrected chi connectivity index (χ3v) is 3.11. The van der Waals surface area contributed by atoms with E-state index >= 15 is 0 Å². The summed E-state index contributed by atoms with van der Waals surface area (Å²) in [5.41, 5.74) is 7.66. The van der Waals surface area contributed by atoms with Gasteiger partial charge in [-0.05, 0) is 12.1 Å². The van der Waals surface area contributed by atoms with Crippen molar-refractivity contribution < 1.29 is 0 Å². The summed E-state index contributed by atoms with van der Waals surface area (Å²) in [4.78, 5) is 0. The van der Waals surface area contributed by atoms with Gasteiger partial charge in [-0.3, -0.25) is 4.68 Å². The molecule has 0 aliphatic heterocycles. The Kier molecular flexibility index (Phi) is 3.66. The Balaban J connectivity index is 2.22. The van der Waals surface area contributed by atoms with Crippen molar-refractivity contribution in [3.63, 3.8) is 0 Å². The molecule has 0 aliphatic rings. The van der Waals surface area contributed by atoms with Crippen molar-refractivity contribution in [1.82, 2.24) is 15.0 Å². The van der Waals surface area contributed by atoms with Crippen molar-refractivity contribution in [2.45, 2.75) is 12.5 Å². The molecule has 1 unspecified atom stereocenters. The second-order valence-corrected chi connectivity index (χ2v) is 4.64. The van der Waals surface area contributed by atoms with E-state index < -0.39 is 0 Å². The number of benzene rings is 1. The first-order valence-corrected chi connectivity index (χ1v) is 5.88. The summed E-state index contributed by atoms with van der Waals surface area (Å²) in [5.74, 6) is 0. The SMILES string of the molecule is Cn1cc(CC(N)c2c(Cl)cccc2Cl)nn1. The van der Waals surface area contributed by atoms with E-state index in [9.17, 15) is 0 Å². The van der Waals surface area contributed by atoms with Gasteiger partial charge >= 0.3 is 0 Å². The summed E-state index contributed by atoms with van der Waals surface area (Å²) >= 11 is 12.2. The lowest BCUT2D eigenvalue weighted by atomic mass is 10.0. The normalized spacial score (nSPS) is 12.7. The molecule has 4 nitrogen and oxygen atoms in total. The Labute approximate surface area is 109 Å². The minimum absolute atomic E-state index is 0.284. The lowest BCUT2D eigenvalue weighted by molar-refractivity contribution is 0.694. The molecule has 0 fully saturated rings. The summed E-state index contributed by atoms with van der Waals surface area (Å²) in [6, 6.07) is 5.06. The maximum Gasteiger partial charge on any atom is 0.0845 e. The molecule has 90 valence electrons. The van der Waals surface area contributed by atoms with Crippen LogP contribution in [-0.4, -0.2) is 15.0 Å². The lowest BCUT2D eigenvalue weighted by Gasteiger charge is -2.13. The van der Waals surface area contributed by atoms with Crippen LogP contribution in [0.4, 0.5) is 0 Å². The van der Waals surface area contributed by atoms with Crippen molar-refractivity contribution in [2.24, 2.45) is 12.8 Å². The summed E-state index contributed by atoms with van der Waals surface area (Å²) in [6.07, 6.45) is 2.38. The highest BCUT2D eigenvalue weighted by atomic mass is 35.5. The van der Waals surface area contributed by atoms with Crippen LogP contribution in [0, 0.1) is 0 Å². The van der Waals surface area contributed by atoms with E-state index in [-0.39, 0.29) is 6.04 Å². The van der Waals surface area contributed by atoms with Crippen LogP contribution >= 0.6 is 23.2 Å². The lowest BCUT2D eigenvalue weighted by Crippen LogP contribution is -2.14. The highest BCUT2D eigenvalue weighted by Crippen LogP contribution is 2.30. The number of hydrogen-bond donors (Lipinski definition) is 1. The molecule has 17 heavy (non-hydrogen) atoms. The predicted molar refractivity (Wildman–Crippen MR) is 68.1 cm³/mol. The molecule has 2 rings (SSSR count). The third kappa shape index (κ3) is 2.77. The molecule has 2 aromatic rings. The van der Waals surface area contributed by atoms with Gasteiger partial charge in [-0.2, -0.15) is 0 Å². The Hall–Kier alpha value is -1.10. The highest BCUT2D eigenvalue weighted by molar-refractivity contribution is 6.36. The number of halogens is 2. The van der Waals surface area contributed by atoms with Gasteiger partial charge in [0.1, 0.15) is 0 Å². The third-order valence-electron chi connectivity index (χ3n) is 2.45. The summed E-state index contributed by atoms with van der Waals surface area (Å²) in [6.45, 7) is 0. The van der Waals surface area contributed by atoms with E-state index in [4.69, 9.17) is 28.9 Å². The minimum Gasteiger partial charge on any atom is -0.324 e. The van der Waals surface area contributed by atoms with Gasteiger partial charge in [-0.25, -0.2) is 0 Å². The molecule has 1 heterocycles. The number of aryl methyl sites for hydroxylation is 1. The highest BCUT2D eigenvalue weighted by Gasteiger charge is 2.15. The maximum atomic E-state index is 6.09. The Morgan fingerprint density at radius 3 is 2.53 bits per heavy atom. The zero-order valence-electron chi connectivity index (χ0n) is 9.27. The molecule has 6 heteroatoms. The Morgan fingerprint density at radius 1 is 1.35 bits per heavy atom. The zero-order chi connectivity index (χ0) is 12.4. The van der Waals surface area contributed by atoms with Crippen LogP contribution in [0.3, 0.4) is 0 Å². The average molecular weight is 271 g/mol. The summed E-state index contributed by atoms with van der Waals surface area (Å²) in [7, 11) is 1.81. The van der Waals surface area contributed by atoms with E-state index in [0.29, 0.717) is 16.5 Å². The molecule has 0 radical (unpaired) electrons. The molecule has 0 saturated heterocycles. The summed E-state index contributed by atoms with van der Waals surface area (Å²) < 4.78 is 1.64. The molecule has 1 aromatic carbocycles. The first-order valence-electron chi connectivity index (χ1n) is 5.12. The van der Waals surface area contributed by atoms with Gasteiger partial charge < -0.3 is 5.73 Å². The fourth-order valence-corrected chi connectivity index (χ4v) is 2.36. The zero-order valence-corrected chi connectivity index (χ0v) is 10.8. The molecule has 1 atom stereocenters. The molecular weight excluding hydrogens is 259 g/mol. The topological polar surface area (TPSA) is 56.7 Å². The van der Waals surface area contributed by atoms with Gasteiger partial charge in [-0.15, -0.1) is 5.10 Å². The van der Waals surface area contributed by atoms with Crippen LogP contribution in [0.15, 0.2) is 24.4 Å². The quantitative estimate of drug-likeness (QED) is 0.932. The van der Waals surface area contributed by atoms with Crippen molar-refractivity contribution in [3.05, 3.63) is 45.7 Å². The van der Waals surface area contributed by atoms with Gasteiger partial charge in [0.05, 0.1) is 5.69 Å². The van der Waals surface area contributed by atoms with Crippen molar-refractivity contribution in [1.29, 1.82) is 0 Å². The van der Waals surface area contributed by atoms with Crippen LogP contribution in [0.5, 0.6) is 0 Å². The average Bonchev–Trinajstić information content (AvgIpc) is 2.63. The van der Waals surface area contributed by atoms with Gasteiger partial charge in [0.15, 0.2) is 0 Å². The largest absolute Gasteiger partial charge is 0.324 e. The van der Waals surface area contributed by atoms with E-state index in [2.05, 4.69) is 10.3 Å². The predicted octanol–water partition coefficient (Wildman–Crippen LogP) is 2.36. The minimum atomic E-state index is -0.284. The van der Waals surface area contributed by atoms with E-state index in [1.165, 1.54) is 0 Å². The van der Waals surface area contributed by atoms with Crippen LogP contribution in [0.25, 0.3) is 0 Å². The van der Waals surface area contributed by atoms with Crippen LogP contribution < -0.4 is 5.73 Å². The smallest absolute Gasteiger partial charge is 0.0845 e. The van der Waals surface area contributed by atoms with Crippen molar-refractivity contribution >= 4 is 23.2 Å². The van der Waals surface area contributed by atoms with Crippen molar-refractivity contribution in [3.8, 4) is 0 Å². The van der Waals surface area contributed by atoms with Crippen molar-refractivity contribution in [2.75, 3.05) is 0 Å². The molecule has 2 N–H and O–H groups in total. The van der Waals surface area contributed by atoms with E-state index in [1.807, 2.05) is 13.2 Å². The summed E-state index contributed by atoms with van der Waals surface area (Å²) in [5, 5.41) is 9.00. The second-order valence-electron chi connectivity index (χ2n) is 3.83. The first kappa shape index (κ1) is 12.4. The Morgan fingerprint density at radius 2 is 2.00 bits per heavy atom. The number of rotatable bonds is 3. The van der Waals surface area contributed by atoms with Gasteiger partial charge in [0.25, 0.3) is 0 Å². The molecule has 0 bridgehead atoms. The van der Waals surface area contributed by atoms with E-state index in [1.54, 1.807) is 22.9 Å². The molecule has 0 amide bonds. The number of aromatic nitrogens is 3. The first-order chi connectivity index (χ1) is 8.08. The number of nitrogens with two attached hydrogens (primary N) is 1. The van der Waals surface area contributed by atoms with Gasteiger partial charge in [0.2, 0.25) is 0 Å². The van der Waals surface area contributed by atoms with Crippen LogP contribution in [0.1, 0.15) is 17.3 Å². The molecule has 0 aliphatic carbocycles. The fraction of sp³-hybridized carbons (Fsp3) is 0.273. The maximum absolute atomic E-state index is 6.09. The second kappa shape index (κ2) is 5.04. The van der Waals surface area contributed by atoms with Gasteiger partial charge in [-0.1, -0.05) is 34.5 Å². The molecule has 0 saturated carbocycles. The van der Waals surface area contributed by atoms with Crippen LogP contribution in [-0.2, 0) is 13.5 Å². The van der Waals surface area contributed by atoms with Gasteiger partial charge in [0, 0.05) is 41.3 Å². The molecule has 1 aromatic heterocycles. The number of nitrogens with zero attached hydrogens (tertiary/aromatic N) is 3. The Bertz CT molecular complexity index is 504. The fourth-order valence-electron chi connectivity index (χ4n) is 1.68. The monoisotopic (exact) mass is 270 g/mol. The molecular formula is C11H12Cl2N4. The molecule has 0 spiro atoms. The van der Waals surface area contributed by atoms with E-state index in [0.717, 1.165) is 11.3 Å².